The molecule has 1 aromatic heterocycles. The molecular weight excluding hydrogens is 361 g/mol. The van der Waals surface area contributed by atoms with Crippen molar-refractivity contribution in [1.29, 1.82) is 0 Å². The summed E-state index contributed by atoms with van der Waals surface area (Å²) in [5.41, 5.74) is 5.35. The number of aromatic nitrogens is 2. The predicted molar refractivity (Wildman–Crippen MR) is 97.1 cm³/mol. The average molecular weight is 380 g/mol. The summed E-state index contributed by atoms with van der Waals surface area (Å²) < 4.78 is 38.9. The van der Waals surface area contributed by atoms with Crippen LogP contribution in [0, 0.1) is 0 Å². The topological polar surface area (TPSA) is 87.4 Å². The van der Waals surface area contributed by atoms with Crippen molar-refractivity contribution in [3.05, 3.63) is 30.0 Å². The molecule has 0 saturated heterocycles. The Balaban J connectivity index is 1.97. The van der Waals surface area contributed by atoms with Gasteiger partial charge >= 0.3 is 6.18 Å². The van der Waals surface area contributed by atoms with E-state index in [0.717, 1.165) is 12.1 Å². The fourth-order valence-corrected chi connectivity index (χ4v) is 2.78. The smallest absolute Gasteiger partial charge is 0.399 e. The molecule has 1 aliphatic heterocycles. The normalized spacial score (nSPS) is 14.6. The number of fused-ring (bicyclic) bond motifs is 1. The molecule has 27 heavy (non-hydrogen) atoms. The van der Waals surface area contributed by atoms with E-state index in [1.807, 2.05) is 18.7 Å². The first-order valence-electron chi connectivity index (χ1n) is 8.21. The number of benzene rings is 1. The number of carbonyl (C=O) groups is 1. The maximum Gasteiger partial charge on any atom is 0.416 e. The summed E-state index contributed by atoms with van der Waals surface area (Å²) in [5.74, 6) is 0.552. The van der Waals surface area contributed by atoms with E-state index in [2.05, 4.69) is 15.3 Å². The Morgan fingerprint density at radius 2 is 1.96 bits per heavy atom. The van der Waals surface area contributed by atoms with Gasteiger partial charge < -0.3 is 20.9 Å². The van der Waals surface area contributed by atoms with E-state index < -0.39 is 11.7 Å². The van der Waals surface area contributed by atoms with Gasteiger partial charge in [0.05, 0.1) is 18.3 Å². The number of carbonyl (C=O) groups excluding carboxylic acids is 1. The number of likely N-dealkylation sites (N-methyl/N-ethyl adjacent to an activating group) is 1. The number of anilines is 5. The molecule has 1 aromatic carbocycles. The lowest BCUT2D eigenvalue weighted by Crippen LogP contribution is -2.47. The molecule has 2 aromatic rings. The van der Waals surface area contributed by atoms with E-state index in [1.165, 1.54) is 17.2 Å². The molecule has 0 spiro atoms. The van der Waals surface area contributed by atoms with Crippen molar-refractivity contribution >= 4 is 34.7 Å². The van der Waals surface area contributed by atoms with Crippen LogP contribution in [0.4, 0.5) is 42.0 Å². The van der Waals surface area contributed by atoms with E-state index in [0.29, 0.717) is 11.5 Å². The zero-order valence-corrected chi connectivity index (χ0v) is 15.0. The van der Waals surface area contributed by atoms with E-state index in [1.54, 1.807) is 7.05 Å². The van der Waals surface area contributed by atoms with Crippen LogP contribution in [0.25, 0.3) is 0 Å². The van der Waals surface area contributed by atoms with Crippen molar-refractivity contribution in [3.63, 3.8) is 0 Å². The Labute approximate surface area is 154 Å². The number of nitrogen functional groups attached to an aromatic ring is 1. The summed E-state index contributed by atoms with van der Waals surface area (Å²) >= 11 is 0. The molecule has 0 fully saturated rings. The molecule has 144 valence electrons. The van der Waals surface area contributed by atoms with Crippen LogP contribution in [0.5, 0.6) is 0 Å². The van der Waals surface area contributed by atoms with Gasteiger partial charge in [-0.3, -0.25) is 4.79 Å². The third kappa shape index (κ3) is 3.74. The van der Waals surface area contributed by atoms with Gasteiger partial charge in [0.15, 0.2) is 5.82 Å². The lowest BCUT2D eigenvalue weighted by atomic mass is 10.1. The van der Waals surface area contributed by atoms with Gasteiger partial charge in [-0.1, -0.05) is 0 Å². The molecule has 2 heterocycles. The molecule has 0 atom stereocenters. The third-order valence-electron chi connectivity index (χ3n) is 4.23. The van der Waals surface area contributed by atoms with Crippen molar-refractivity contribution in [2.24, 2.45) is 0 Å². The molecule has 1 amide bonds. The van der Waals surface area contributed by atoms with Crippen molar-refractivity contribution in [2.45, 2.75) is 26.1 Å². The van der Waals surface area contributed by atoms with Gasteiger partial charge in [0.1, 0.15) is 5.69 Å². The minimum absolute atomic E-state index is 0.00773. The summed E-state index contributed by atoms with van der Waals surface area (Å²) in [7, 11) is 1.63. The second-order valence-corrected chi connectivity index (χ2v) is 6.54. The number of nitrogens with zero attached hydrogens (tertiary/aromatic N) is 4. The largest absolute Gasteiger partial charge is 0.416 e. The lowest BCUT2D eigenvalue weighted by Gasteiger charge is -2.36. The van der Waals surface area contributed by atoms with Crippen molar-refractivity contribution in [2.75, 3.05) is 34.4 Å². The number of hydrogen-bond donors (Lipinski definition) is 2. The van der Waals surface area contributed by atoms with Gasteiger partial charge in [0.2, 0.25) is 11.9 Å². The van der Waals surface area contributed by atoms with Crippen LogP contribution in [0.1, 0.15) is 19.4 Å². The van der Waals surface area contributed by atoms with E-state index in [9.17, 15) is 18.0 Å². The molecule has 7 nitrogen and oxygen atoms in total. The second-order valence-electron chi connectivity index (χ2n) is 6.54. The Bertz CT molecular complexity index is 883. The number of hydrogen-bond acceptors (Lipinski definition) is 6. The minimum Gasteiger partial charge on any atom is -0.399 e. The predicted octanol–water partition coefficient (Wildman–Crippen LogP) is 3.01. The van der Waals surface area contributed by atoms with Crippen molar-refractivity contribution in [1.82, 2.24) is 9.97 Å². The molecule has 0 unspecified atom stereocenters. The first kappa shape index (κ1) is 18.7. The average Bonchev–Trinajstić information content (AvgIpc) is 2.56. The molecular formula is C17H19F3N6O. The van der Waals surface area contributed by atoms with Gasteiger partial charge in [0, 0.05) is 24.5 Å². The van der Waals surface area contributed by atoms with Crippen LogP contribution in [0.2, 0.25) is 0 Å². The van der Waals surface area contributed by atoms with Gasteiger partial charge in [-0.2, -0.15) is 18.2 Å². The number of alkyl halides is 3. The van der Waals surface area contributed by atoms with Crippen LogP contribution in [0.15, 0.2) is 24.4 Å². The van der Waals surface area contributed by atoms with Crippen LogP contribution in [-0.4, -0.2) is 35.5 Å². The van der Waals surface area contributed by atoms with Gasteiger partial charge in [-0.25, -0.2) is 4.98 Å². The highest BCUT2D eigenvalue weighted by Gasteiger charge is 2.32. The SMILES string of the molecule is CC(C)N1CC(=O)N(C)c2cnc(Nc3cc(N)cc(C(F)(F)F)c3)nc21. The summed E-state index contributed by atoms with van der Waals surface area (Å²) in [5, 5.41) is 2.76. The highest BCUT2D eigenvalue weighted by atomic mass is 19.4. The highest BCUT2D eigenvalue weighted by molar-refractivity contribution is 6.02. The number of amides is 1. The highest BCUT2D eigenvalue weighted by Crippen LogP contribution is 2.35. The standard InChI is InChI=1S/C17H19F3N6O/c1-9(2)26-8-14(27)25(3)13-7-22-16(24-15(13)26)23-12-5-10(17(18,19)20)4-11(21)6-12/h4-7,9H,8,21H2,1-3H3,(H,22,23,24). The fourth-order valence-electron chi connectivity index (χ4n) is 2.78. The van der Waals surface area contributed by atoms with Crippen LogP contribution in [0.3, 0.4) is 0 Å². The van der Waals surface area contributed by atoms with Gasteiger partial charge in [-0.15, -0.1) is 0 Å². The van der Waals surface area contributed by atoms with E-state index >= 15 is 0 Å². The number of halogens is 3. The van der Waals surface area contributed by atoms with E-state index in [4.69, 9.17) is 5.73 Å². The number of nitrogens with one attached hydrogen (secondary N) is 1. The summed E-state index contributed by atoms with van der Waals surface area (Å²) in [6.07, 6.45) is -3.05. The van der Waals surface area contributed by atoms with Crippen molar-refractivity contribution < 1.29 is 18.0 Å². The lowest BCUT2D eigenvalue weighted by molar-refractivity contribution is -0.137. The molecule has 0 saturated carbocycles. The monoisotopic (exact) mass is 380 g/mol. The van der Waals surface area contributed by atoms with Crippen molar-refractivity contribution in [3.8, 4) is 0 Å². The number of nitrogens with two attached hydrogens (primary N) is 1. The first-order chi connectivity index (χ1) is 12.6. The van der Waals surface area contributed by atoms with Crippen LogP contribution < -0.4 is 20.9 Å². The summed E-state index contributed by atoms with van der Waals surface area (Å²) in [6, 6.07) is 3.18. The van der Waals surface area contributed by atoms with Gasteiger partial charge in [-0.05, 0) is 32.0 Å². The first-order valence-corrected chi connectivity index (χ1v) is 8.21. The number of rotatable bonds is 3. The van der Waals surface area contributed by atoms with E-state index in [-0.39, 0.29) is 35.8 Å². The van der Waals surface area contributed by atoms with Crippen LogP contribution >= 0.6 is 0 Å². The third-order valence-corrected chi connectivity index (χ3v) is 4.23. The Kier molecular flexibility index (Phi) is 4.58. The molecule has 0 radical (unpaired) electrons. The minimum atomic E-state index is -4.51. The Morgan fingerprint density at radius 1 is 1.26 bits per heavy atom. The Morgan fingerprint density at radius 3 is 2.59 bits per heavy atom. The quantitative estimate of drug-likeness (QED) is 0.796. The molecule has 10 heteroatoms. The van der Waals surface area contributed by atoms with Gasteiger partial charge in [0.25, 0.3) is 0 Å². The van der Waals surface area contributed by atoms with Crippen LogP contribution in [-0.2, 0) is 11.0 Å². The fraction of sp³-hybridized carbons (Fsp3) is 0.353. The zero-order valence-electron chi connectivity index (χ0n) is 15.0. The summed E-state index contributed by atoms with van der Waals surface area (Å²) in [4.78, 5) is 23.9. The zero-order chi connectivity index (χ0) is 19.9. The molecule has 0 bridgehead atoms. The molecule has 3 N–H and O–H groups in total. The summed E-state index contributed by atoms with van der Waals surface area (Å²) in [6.45, 7) is 4.00. The molecule has 0 aliphatic carbocycles. The molecule has 1 aliphatic rings. The maximum atomic E-state index is 13.0. The second kappa shape index (κ2) is 6.60. The molecule has 3 rings (SSSR count). The maximum absolute atomic E-state index is 13.0. The Hall–Kier alpha value is -3.04.